The molecule has 2 amide bonds. The minimum absolute atomic E-state index is 0.0101. The maximum Gasteiger partial charge on any atom is 0.408 e. The van der Waals surface area contributed by atoms with Crippen LogP contribution in [0.2, 0.25) is 5.02 Å². The molecule has 8 nitrogen and oxygen atoms in total. The lowest BCUT2D eigenvalue weighted by Gasteiger charge is -2.25. The zero-order chi connectivity index (χ0) is 26.1. The lowest BCUT2D eigenvalue weighted by molar-refractivity contribution is -0.119. The Morgan fingerprint density at radius 3 is 2.56 bits per heavy atom. The molecule has 3 atom stereocenters. The van der Waals surface area contributed by atoms with Gasteiger partial charge in [0.1, 0.15) is 11.6 Å². The number of benzene rings is 2. The van der Waals surface area contributed by atoms with Crippen LogP contribution in [0.1, 0.15) is 26.3 Å². The molecule has 0 bridgehead atoms. The third kappa shape index (κ3) is 6.60. The van der Waals surface area contributed by atoms with Gasteiger partial charge in [0.05, 0.1) is 17.5 Å². The highest BCUT2D eigenvalue weighted by molar-refractivity contribution is 8.16. The second-order valence-corrected chi connectivity index (χ2v) is 13.6. The van der Waals surface area contributed by atoms with Crippen molar-refractivity contribution in [2.75, 3.05) is 16.4 Å². The highest BCUT2D eigenvalue weighted by atomic mass is 35.5. The Kier molecular flexibility index (Phi) is 7.68. The Morgan fingerprint density at radius 2 is 1.89 bits per heavy atom. The summed E-state index contributed by atoms with van der Waals surface area (Å²) in [4.78, 5) is 32.2. The summed E-state index contributed by atoms with van der Waals surface area (Å²) >= 11 is 7.47. The van der Waals surface area contributed by atoms with Gasteiger partial charge in [0, 0.05) is 22.4 Å². The number of halogens is 1. The highest BCUT2D eigenvalue weighted by Crippen LogP contribution is 2.41. The first-order valence-electron chi connectivity index (χ1n) is 11.5. The van der Waals surface area contributed by atoms with Crippen molar-refractivity contribution in [2.24, 2.45) is 4.99 Å². The van der Waals surface area contributed by atoms with Gasteiger partial charge in [-0.05, 0) is 44.5 Å². The van der Waals surface area contributed by atoms with Crippen molar-refractivity contribution in [3.63, 3.8) is 0 Å². The summed E-state index contributed by atoms with van der Waals surface area (Å²) < 4.78 is 30.0. The zero-order valence-corrected chi connectivity index (χ0v) is 22.6. The average molecular weight is 550 g/mol. The van der Waals surface area contributed by atoms with Crippen molar-refractivity contribution in [3.05, 3.63) is 65.2 Å². The van der Waals surface area contributed by atoms with Crippen LogP contribution in [0, 0.1) is 0 Å². The Labute approximate surface area is 220 Å². The van der Waals surface area contributed by atoms with Gasteiger partial charge < -0.3 is 15.0 Å². The van der Waals surface area contributed by atoms with Gasteiger partial charge in [-0.2, -0.15) is 4.99 Å². The monoisotopic (exact) mass is 549 g/mol. The van der Waals surface area contributed by atoms with Crippen molar-refractivity contribution in [1.82, 2.24) is 5.32 Å². The van der Waals surface area contributed by atoms with Crippen molar-refractivity contribution in [3.8, 4) is 0 Å². The van der Waals surface area contributed by atoms with Gasteiger partial charge in [0.15, 0.2) is 15.0 Å². The van der Waals surface area contributed by atoms with Crippen LogP contribution in [0.3, 0.4) is 0 Å². The number of nitrogens with zero attached hydrogens (tertiary/aromatic N) is 2. The number of hydrogen-bond acceptors (Lipinski definition) is 6. The zero-order valence-electron chi connectivity index (χ0n) is 20.2. The predicted octanol–water partition coefficient (Wildman–Crippen LogP) is 4.08. The first kappa shape index (κ1) is 26.5. The fraction of sp³-hybridized carbons (Fsp3) is 0.400. The Balaban J connectivity index is 1.65. The molecule has 0 spiro atoms. The molecular formula is C25H28ClN3O5S2. The summed E-state index contributed by atoms with van der Waals surface area (Å²) in [7, 11) is -3.21. The number of amides is 2. The number of ether oxygens (including phenoxy) is 1. The molecule has 0 aromatic heterocycles. The number of nitrogens with one attached hydrogen (secondary N) is 1. The normalized spacial score (nSPS) is 22.8. The van der Waals surface area contributed by atoms with Crippen LogP contribution in [-0.4, -0.2) is 60.0 Å². The van der Waals surface area contributed by atoms with E-state index in [1.807, 2.05) is 30.3 Å². The Morgan fingerprint density at radius 1 is 1.17 bits per heavy atom. The van der Waals surface area contributed by atoms with Crippen molar-refractivity contribution >= 4 is 56.1 Å². The van der Waals surface area contributed by atoms with Crippen LogP contribution in [0.15, 0.2) is 59.6 Å². The maximum atomic E-state index is 13.5. The summed E-state index contributed by atoms with van der Waals surface area (Å²) in [6.45, 7) is 5.23. The van der Waals surface area contributed by atoms with Gasteiger partial charge >= 0.3 is 6.09 Å². The largest absolute Gasteiger partial charge is 0.444 e. The number of thioether (sulfide) groups is 1. The number of amidine groups is 1. The summed E-state index contributed by atoms with van der Waals surface area (Å²) in [5.74, 6) is -0.577. The summed E-state index contributed by atoms with van der Waals surface area (Å²) in [5, 5.41) is 3.28. The third-order valence-electron chi connectivity index (χ3n) is 5.63. The lowest BCUT2D eigenvalue weighted by Crippen LogP contribution is -2.45. The fourth-order valence-electron chi connectivity index (χ4n) is 4.16. The molecule has 0 saturated carbocycles. The van der Waals surface area contributed by atoms with E-state index in [4.69, 9.17) is 16.3 Å². The summed E-state index contributed by atoms with van der Waals surface area (Å²) in [6.07, 6.45) is -0.496. The molecule has 11 heteroatoms. The van der Waals surface area contributed by atoms with Crippen LogP contribution in [0.25, 0.3) is 0 Å². The van der Waals surface area contributed by atoms with E-state index in [9.17, 15) is 18.0 Å². The van der Waals surface area contributed by atoms with E-state index < -0.39 is 33.5 Å². The number of aliphatic imine (C=N–C) groups is 1. The predicted molar refractivity (Wildman–Crippen MR) is 143 cm³/mol. The second-order valence-electron chi connectivity index (χ2n) is 9.77. The van der Waals surface area contributed by atoms with Crippen LogP contribution in [0.5, 0.6) is 0 Å². The topological polar surface area (TPSA) is 105 Å². The van der Waals surface area contributed by atoms with Crippen molar-refractivity contribution in [2.45, 2.75) is 50.1 Å². The molecule has 2 saturated heterocycles. The van der Waals surface area contributed by atoms with E-state index in [0.717, 1.165) is 5.56 Å². The van der Waals surface area contributed by atoms with Gasteiger partial charge in [-0.25, -0.2) is 13.2 Å². The van der Waals surface area contributed by atoms with Gasteiger partial charge in [-0.1, -0.05) is 59.8 Å². The number of alkyl carbamates (subject to hydrolysis) is 1. The van der Waals surface area contributed by atoms with E-state index in [-0.39, 0.29) is 29.2 Å². The first-order valence-corrected chi connectivity index (χ1v) is 14.6. The third-order valence-corrected chi connectivity index (χ3v) is 9.08. The number of rotatable bonds is 5. The number of anilines is 1. The van der Waals surface area contributed by atoms with E-state index in [2.05, 4.69) is 10.3 Å². The molecule has 0 radical (unpaired) electrons. The van der Waals surface area contributed by atoms with Crippen LogP contribution >= 0.6 is 23.4 Å². The van der Waals surface area contributed by atoms with Crippen LogP contribution in [0.4, 0.5) is 10.5 Å². The van der Waals surface area contributed by atoms with Crippen molar-refractivity contribution in [1.29, 1.82) is 0 Å². The van der Waals surface area contributed by atoms with E-state index >= 15 is 0 Å². The van der Waals surface area contributed by atoms with Crippen LogP contribution in [-0.2, 0) is 25.8 Å². The second kappa shape index (κ2) is 10.4. The average Bonchev–Trinajstić information content (AvgIpc) is 3.23. The fourth-order valence-corrected chi connectivity index (χ4v) is 8.27. The van der Waals surface area contributed by atoms with Crippen molar-refractivity contribution < 1.29 is 22.7 Å². The molecule has 2 heterocycles. The Hall–Kier alpha value is -2.56. The molecule has 2 fully saturated rings. The van der Waals surface area contributed by atoms with Crippen LogP contribution < -0.4 is 10.2 Å². The van der Waals surface area contributed by atoms with Gasteiger partial charge in [0.2, 0.25) is 0 Å². The molecule has 2 aliphatic heterocycles. The number of sulfone groups is 1. The summed E-state index contributed by atoms with van der Waals surface area (Å²) in [5.41, 5.74) is 0.774. The standard InChI is InChI=1S/C25H28ClN3O5S2/c1-25(2,3)34-24(31)27-19(12-16-8-5-4-6-9-16)22(30)28-23-29(18-11-7-10-17(26)13-18)20-14-36(32,33)15-21(20)35-23/h4-11,13,19-21H,12,14-15H2,1-3H3,(H,27,31). The van der Waals surface area contributed by atoms with E-state index in [0.29, 0.717) is 15.9 Å². The molecule has 2 aliphatic rings. The molecule has 0 aliphatic carbocycles. The van der Waals surface area contributed by atoms with E-state index in [1.54, 1.807) is 49.9 Å². The van der Waals surface area contributed by atoms with Gasteiger partial charge in [-0.15, -0.1) is 0 Å². The molecule has 2 aromatic carbocycles. The highest BCUT2D eigenvalue weighted by Gasteiger charge is 2.49. The molecule has 36 heavy (non-hydrogen) atoms. The summed E-state index contributed by atoms with van der Waals surface area (Å²) in [6, 6.07) is 15.0. The minimum Gasteiger partial charge on any atom is -0.444 e. The maximum absolute atomic E-state index is 13.5. The lowest BCUT2D eigenvalue weighted by atomic mass is 10.1. The smallest absolute Gasteiger partial charge is 0.408 e. The molecule has 4 rings (SSSR count). The first-order chi connectivity index (χ1) is 16.9. The number of fused-ring (bicyclic) bond motifs is 1. The number of carbonyl (C=O) groups is 2. The molecule has 3 unspecified atom stereocenters. The molecule has 2 aromatic rings. The number of carbonyl (C=O) groups excluding carboxylic acids is 2. The van der Waals surface area contributed by atoms with Gasteiger partial charge in [-0.3, -0.25) is 4.79 Å². The molecular weight excluding hydrogens is 522 g/mol. The number of hydrogen-bond donors (Lipinski definition) is 1. The SMILES string of the molecule is CC(C)(C)OC(=O)NC(Cc1ccccc1)C(=O)N=C1SC2CS(=O)(=O)CC2N1c1cccc(Cl)c1. The van der Waals surface area contributed by atoms with E-state index in [1.165, 1.54) is 11.8 Å². The minimum atomic E-state index is -3.21. The van der Waals surface area contributed by atoms with Gasteiger partial charge in [0.25, 0.3) is 5.91 Å². The quantitative estimate of drug-likeness (QED) is 0.599. The molecule has 192 valence electrons. The Bertz CT molecular complexity index is 1280. The molecule has 1 N–H and O–H groups in total.